The third-order valence-electron chi connectivity index (χ3n) is 5.40. The van der Waals surface area contributed by atoms with Crippen LogP contribution < -0.4 is 0 Å². The van der Waals surface area contributed by atoms with E-state index in [2.05, 4.69) is 16.7 Å². The molecule has 0 atom stereocenters. The first-order valence-corrected chi connectivity index (χ1v) is 8.52. The van der Waals surface area contributed by atoms with Gasteiger partial charge in [-0.05, 0) is 70.2 Å². The van der Waals surface area contributed by atoms with Crippen molar-refractivity contribution >= 4 is 5.78 Å². The monoisotopic (exact) mass is 280 g/mol. The number of piperidine rings is 2. The van der Waals surface area contributed by atoms with Crippen molar-refractivity contribution in [1.82, 2.24) is 9.80 Å². The molecule has 0 N–H and O–H groups in total. The predicted molar refractivity (Wildman–Crippen MR) is 83.9 cm³/mol. The maximum absolute atomic E-state index is 11.8. The van der Waals surface area contributed by atoms with Crippen molar-refractivity contribution < 1.29 is 4.79 Å². The average Bonchev–Trinajstić information content (AvgIpc) is 2.44. The molecule has 0 aromatic heterocycles. The van der Waals surface area contributed by atoms with Crippen LogP contribution in [0.3, 0.4) is 0 Å². The first-order chi connectivity index (χ1) is 9.54. The van der Waals surface area contributed by atoms with Gasteiger partial charge < -0.3 is 4.90 Å². The molecule has 2 rings (SSSR count). The number of carbonyl (C=O) groups is 1. The van der Waals surface area contributed by atoms with E-state index < -0.39 is 0 Å². The van der Waals surface area contributed by atoms with E-state index >= 15 is 0 Å². The summed E-state index contributed by atoms with van der Waals surface area (Å²) in [6.07, 6.45) is 6.63. The molecule has 2 aliphatic rings. The Kier molecular flexibility index (Phi) is 5.62. The quantitative estimate of drug-likeness (QED) is 0.773. The van der Waals surface area contributed by atoms with Gasteiger partial charge in [-0.2, -0.15) is 0 Å². The van der Waals surface area contributed by atoms with Gasteiger partial charge in [0, 0.05) is 5.92 Å². The zero-order valence-electron chi connectivity index (χ0n) is 13.7. The second kappa shape index (κ2) is 7.04. The molecule has 2 aliphatic heterocycles. The van der Waals surface area contributed by atoms with E-state index in [1.54, 1.807) is 0 Å². The Morgan fingerprint density at radius 2 is 1.50 bits per heavy atom. The number of Topliss-reactive ketones (excluding diaryl/α,β-unsaturated/α-hetero) is 1. The third-order valence-corrected chi connectivity index (χ3v) is 5.40. The van der Waals surface area contributed by atoms with Crippen LogP contribution >= 0.6 is 0 Å². The summed E-state index contributed by atoms with van der Waals surface area (Å²) in [6.45, 7) is 13.1. The largest absolute Gasteiger partial charge is 0.303 e. The Bertz CT molecular complexity index is 309. The highest BCUT2D eigenvalue weighted by molar-refractivity contribution is 5.82. The van der Waals surface area contributed by atoms with Gasteiger partial charge in [-0.3, -0.25) is 9.69 Å². The molecule has 2 fully saturated rings. The Morgan fingerprint density at radius 3 is 1.95 bits per heavy atom. The van der Waals surface area contributed by atoms with Crippen LogP contribution in [0.15, 0.2) is 0 Å². The minimum Gasteiger partial charge on any atom is -0.303 e. The summed E-state index contributed by atoms with van der Waals surface area (Å²) in [7, 11) is 0. The Labute approximate surface area is 124 Å². The molecule has 0 unspecified atom stereocenters. The minimum absolute atomic E-state index is 0.183. The van der Waals surface area contributed by atoms with Gasteiger partial charge in [-0.25, -0.2) is 0 Å². The highest BCUT2D eigenvalue weighted by Crippen LogP contribution is 2.41. The maximum atomic E-state index is 11.8. The molecular weight excluding hydrogens is 248 g/mol. The van der Waals surface area contributed by atoms with Gasteiger partial charge in [0.15, 0.2) is 0 Å². The predicted octanol–water partition coefficient (Wildman–Crippen LogP) is 2.80. The SMILES string of the molecule is CCCN1CCC2(CC1)CCN(CC(=O)C(C)C)CC2. The number of nitrogens with zero attached hydrogens (tertiary/aromatic N) is 2. The van der Waals surface area contributed by atoms with Crippen LogP contribution in [-0.2, 0) is 4.79 Å². The van der Waals surface area contributed by atoms with Gasteiger partial charge in [-0.1, -0.05) is 20.8 Å². The van der Waals surface area contributed by atoms with Gasteiger partial charge in [0.05, 0.1) is 6.54 Å². The summed E-state index contributed by atoms with van der Waals surface area (Å²) < 4.78 is 0. The molecule has 2 heterocycles. The average molecular weight is 280 g/mol. The molecule has 3 nitrogen and oxygen atoms in total. The maximum Gasteiger partial charge on any atom is 0.149 e. The molecule has 3 heteroatoms. The lowest BCUT2D eigenvalue weighted by molar-refractivity contribution is -0.123. The second-order valence-corrected chi connectivity index (χ2v) is 7.24. The van der Waals surface area contributed by atoms with Crippen molar-refractivity contribution in [2.75, 3.05) is 39.3 Å². The number of rotatable bonds is 5. The molecule has 20 heavy (non-hydrogen) atoms. The van der Waals surface area contributed by atoms with Crippen LogP contribution in [0.25, 0.3) is 0 Å². The fraction of sp³-hybridized carbons (Fsp3) is 0.941. The fourth-order valence-corrected chi connectivity index (χ4v) is 3.66. The van der Waals surface area contributed by atoms with Gasteiger partial charge in [-0.15, -0.1) is 0 Å². The van der Waals surface area contributed by atoms with Crippen LogP contribution in [0.2, 0.25) is 0 Å². The smallest absolute Gasteiger partial charge is 0.149 e. The zero-order chi connectivity index (χ0) is 14.6. The van der Waals surface area contributed by atoms with E-state index in [-0.39, 0.29) is 5.92 Å². The van der Waals surface area contributed by atoms with Crippen molar-refractivity contribution in [1.29, 1.82) is 0 Å². The molecule has 2 saturated heterocycles. The van der Waals surface area contributed by atoms with Crippen LogP contribution in [0.1, 0.15) is 52.9 Å². The first-order valence-electron chi connectivity index (χ1n) is 8.52. The Morgan fingerprint density at radius 1 is 1.00 bits per heavy atom. The van der Waals surface area contributed by atoms with E-state index in [1.165, 1.54) is 51.7 Å². The Balaban J connectivity index is 1.75. The van der Waals surface area contributed by atoms with Crippen molar-refractivity contribution in [3.8, 4) is 0 Å². The van der Waals surface area contributed by atoms with E-state index in [9.17, 15) is 4.79 Å². The van der Waals surface area contributed by atoms with Crippen LogP contribution in [0, 0.1) is 11.3 Å². The number of hydrogen-bond donors (Lipinski definition) is 0. The summed E-state index contributed by atoms with van der Waals surface area (Å²) >= 11 is 0. The molecule has 0 amide bonds. The van der Waals surface area contributed by atoms with E-state index in [4.69, 9.17) is 0 Å². The molecule has 0 aromatic rings. The normalized spacial score (nSPS) is 24.4. The number of carbonyl (C=O) groups excluding carboxylic acids is 1. The number of likely N-dealkylation sites (tertiary alicyclic amines) is 2. The molecule has 0 bridgehead atoms. The van der Waals surface area contributed by atoms with Crippen molar-refractivity contribution in [3.05, 3.63) is 0 Å². The van der Waals surface area contributed by atoms with Gasteiger partial charge in [0.2, 0.25) is 0 Å². The summed E-state index contributed by atoms with van der Waals surface area (Å²) in [5.74, 6) is 0.585. The molecule has 0 radical (unpaired) electrons. The number of hydrogen-bond acceptors (Lipinski definition) is 3. The topological polar surface area (TPSA) is 23.6 Å². The Hall–Kier alpha value is -0.410. The summed E-state index contributed by atoms with van der Waals surface area (Å²) in [5, 5.41) is 0. The van der Waals surface area contributed by atoms with Gasteiger partial charge in [0.25, 0.3) is 0 Å². The fourth-order valence-electron chi connectivity index (χ4n) is 3.66. The lowest BCUT2D eigenvalue weighted by Gasteiger charge is -2.47. The lowest BCUT2D eigenvalue weighted by atomic mass is 9.71. The van der Waals surface area contributed by atoms with Crippen LogP contribution in [0.4, 0.5) is 0 Å². The lowest BCUT2D eigenvalue weighted by Crippen LogP contribution is -2.48. The molecule has 116 valence electrons. The van der Waals surface area contributed by atoms with Crippen LogP contribution in [-0.4, -0.2) is 54.9 Å². The summed E-state index contributed by atoms with van der Waals surface area (Å²) in [6, 6.07) is 0. The molecule has 1 spiro atoms. The van der Waals surface area contributed by atoms with Crippen molar-refractivity contribution in [2.24, 2.45) is 11.3 Å². The van der Waals surface area contributed by atoms with E-state index in [0.29, 0.717) is 17.7 Å². The summed E-state index contributed by atoms with van der Waals surface area (Å²) in [5.41, 5.74) is 0.599. The van der Waals surface area contributed by atoms with Crippen molar-refractivity contribution in [2.45, 2.75) is 52.9 Å². The standard InChI is InChI=1S/C17H32N2O/c1-4-9-18-10-5-17(6-11-18)7-12-19(13-8-17)14-16(20)15(2)3/h15H,4-14H2,1-3H3. The van der Waals surface area contributed by atoms with Gasteiger partial charge in [0.1, 0.15) is 5.78 Å². The molecular formula is C17H32N2O. The van der Waals surface area contributed by atoms with Gasteiger partial charge >= 0.3 is 0 Å². The highest BCUT2D eigenvalue weighted by atomic mass is 16.1. The molecule has 0 aliphatic carbocycles. The minimum atomic E-state index is 0.183. The second-order valence-electron chi connectivity index (χ2n) is 7.24. The summed E-state index contributed by atoms with van der Waals surface area (Å²) in [4.78, 5) is 16.9. The van der Waals surface area contributed by atoms with E-state index in [1.807, 2.05) is 13.8 Å². The number of ketones is 1. The van der Waals surface area contributed by atoms with Crippen LogP contribution in [0.5, 0.6) is 0 Å². The highest BCUT2D eigenvalue weighted by Gasteiger charge is 2.37. The first kappa shape index (κ1) is 16.0. The molecule has 0 aromatic carbocycles. The van der Waals surface area contributed by atoms with E-state index in [0.717, 1.165) is 13.1 Å². The van der Waals surface area contributed by atoms with Crippen molar-refractivity contribution in [3.63, 3.8) is 0 Å². The zero-order valence-corrected chi connectivity index (χ0v) is 13.7. The third kappa shape index (κ3) is 4.05. The molecule has 0 saturated carbocycles.